The molecule has 3 N–H and O–H groups in total. The van der Waals surface area contributed by atoms with Crippen LogP contribution < -0.4 is 11.3 Å². The molecule has 5 nitrogen and oxygen atoms in total. The summed E-state index contributed by atoms with van der Waals surface area (Å²) < 4.78 is 40.4. The van der Waals surface area contributed by atoms with Crippen molar-refractivity contribution in [2.45, 2.75) is 12.7 Å². The molecule has 0 fully saturated rings. The topological polar surface area (TPSA) is 72.9 Å². The number of hydrogen-bond acceptors (Lipinski definition) is 3. The minimum absolute atomic E-state index is 0.0351. The van der Waals surface area contributed by atoms with Crippen LogP contribution in [0.5, 0.6) is 0 Å². The minimum Gasteiger partial charge on any atom is -0.289 e. The summed E-state index contributed by atoms with van der Waals surface area (Å²) in [6, 6.07) is 7.89. The van der Waals surface area contributed by atoms with Gasteiger partial charge >= 0.3 is 6.18 Å². The molecule has 0 saturated carbocycles. The number of nitrogens with zero attached hydrogens (tertiary/aromatic N) is 2. The first-order chi connectivity index (χ1) is 12.2. The number of benzene rings is 2. The number of rotatable bonds is 3. The Bertz CT molecular complexity index is 1000. The SMILES string of the molecule is NNC(=O)c1nn(Cc2ccc(Cl)cc2Cl)c2ccc(C(F)(F)F)cc12. The van der Waals surface area contributed by atoms with Gasteiger partial charge in [0.2, 0.25) is 0 Å². The van der Waals surface area contributed by atoms with Crippen molar-refractivity contribution >= 4 is 40.0 Å². The molecular weight excluding hydrogens is 392 g/mol. The third kappa shape index (κ3) is 3.48. The Morgan fingerprint density at radius 2 is 1.92 bits per heavy atom. The number of fused-ring (bicyclic) bond motifs is 1. The van der Waals surface area contributed by atoms with E-state index in [9.17, 15) is 18.0 Å². The molecule has 0 radical (unpaired) electrons. The maximum atomic E-state index is 13.0. The van der Waals surface area contributed by atoms with Crippen molar-refractivity contribution in [3.05, 3.63) is 63.3 Å². The van der Waals surface area contributed by atoms with Gasteiger partial charge in [0.05, 0.1) is 17.6 Å². The highest BCUT2D eigenvalue weighted by Gasteiger charge is 2.31. The van der Waals surface area contributed by atoms with Crippen LogP contribution >= 0.6 is 23.2 Å². The van der Waals surface area contributed by atoms with Gasteiger partial charge in [-0.2, -0.15) is 18.3 Å². The molecule has 1 heterocycles. The lowest BCUT2D eigenvalue weighted by Crippen LogP contribution is -2.30. The van der Waals surface area contributed by atoms with Gasteiger partial charge in [-0.25, -0.2) is 5.84 Å². The summed E-state index contributed by atoms with van der Waals surface area (Å²) in [5, 5.41) is 4.96. The molecule has 0 aliphatic heterocycles. The second-order valence-corrected chi connectivity index (χ2v) is 6.29. The van der Waals surface area contributed by atoms with Gasteiger partial charge in [0.1, 0.15) is 0 Å². The van der Waals surface area contributed by atoms with E-state index >= 15 is 0 Å². The van der Waals surface area contributed by atoms with Crippen LogP contribution in [0.25, 0.3) is 10.9 Å². The predicted octanol–water partition coefficient (Wildman–Crippen LogP) is 4.01. The average Bonchev–Trinajstić information content (AvgIpc) is 2.94. The Kier molecular flexibility index (Phi) is 4.83. The van der Waals surface area contributed by atoms with Crippen molar-refractivity contribution in [1.29, 1.82) is 0 Å². The van der Waals surface area contributed by atoms with E-state index in [4.69, 9.17) is 29.0 Å². The molecule has 0 bridgehead atoms. The quantitative estimate of drug-likeness (QED) is 0.394. The predicted molar refractivity (Wildman–Crippen MR) is 92.0 cm³/mol. The van der Waals surface area contributed by atoms with Crippen LogP contribution in [-0.2, 0) is 12.7 Å². The Morgan fingerprint density at radius 3 is 2.54 bits per heavy atom. The van der Waals surface area contributed by atoms with E-state index in [1.54, 1.807) is 18.2 Å². The van der Waals surface area contributed by atoms with Gasteiger partial charge in [0.15, 0.2) is 5.69 Å². The van der Waals surface area contributed by atoms with Crippen LogP contribution in [0.15, 0.2) is 36.4 Å². The van der Waals surface area contributed by atoms with Crippen molar-refractivity contribution in [3.8, 4) is 0 Å². The fourth-order valence-corrected chi connectivity index (χ4v) is 2.99. The van der Waals surface area contributed by atoms with E-state index in [0.717, 1.165) is 12.1 Å². The molecule has 26 heavy (non-hydrogen) atoms. The lowest BCUT2D eigenvalue weighted by Gasteiger charge is -2.08. The molecule has 10 heteroatoms. The Hall–Kier alpha value is -2.29. The highest BCUT2D eigenvalue weighted by Crippen LogP contribution is 2.33. The number of alkyl halides is 3. The van der Waals surface area contributed by atoms with E-state index in [0.29, 0.717) is 21.1 Å². The molecule has 136 valence electrons. The lowest BCUT2D eigenvalue weighted by molar-refractivity contribution is -0.137. The molecule has 0 aliphatic carbocycles. The summed E-state index contributed by atoms with van der Waals surface area (Å²) in [6.07, 6.45) is -4.55. The minimum atomic E-state index is -4.55. The molecule has 1 amide bonds. The van der Waals surface area contributed by atoms with E-state index in [1.165, 1.54) is 10.7 Å². The average molecular weight is 403 g/mol. The fraction of sp³-hybridized carbons (Fsp3) is 0.125. The fourth-order valence-electron chi connectivity index (χ4n) is 2.52. The number of aromatic nitrogens is 2. The molecule has 2 aromatic carbocycles. The van der Waals surface area contributed by atoms with Crippen LogP contribution in [0.3, 0.4) is 0 Å². The van der Waals surface area contributed by atoms with Crippen LogP contribution in [0, 0.1) is 0 Å². The first-order valence-electron chi connectivity index (χ1n) is 7.23. The third-order valence-corrected chi connectivity index (χ3v) is 4.35. The molecule has 3 aromatic rings. The second-order valence-electron chi connectivity index (χ2n) is 5.45. The Balaban J connectivity index is 2.15. The zero-order valence-electron chi connectivity index (χ0n) is 12.9. The first-order valence-corrected chi connectivity index (χ1v) is 7.99. The summed E-state index contributed by atoms with van der Waals surface area (Å²) >= 11 is 12.0. The first kappa shape index (κ1) is 18.5. The van der Waals surface area contributed by atoms with Gasteiger partial charge in [-0.1, -0.05) is 29.3 Å². The van der Waals surface area contributed by atoms with E-state index < -0.39 is 17.6 Å². The van der Waals surface area contributed by atoms with Gasteiger partial charge in [0, 0.05) is 15.4 Å². The summed E-state index contributed by atoms with van der Waals surface area (Å²) in [5.74, 6) is 4.32. The Labute approximate surface area is 155 Å². The number of halogens is 5. The molecule has 1 aromatic heterocycles. The highest BCUT2D eigenvalue weighted by molar-refractivity contribution is 6.35. The van der Waals surface area contributed by atoms with Crippen molar-refractivity contribution < 1.29 is 18.0 Å². The van der Waals surface area contributed by atoms with Crippen molar-refractivity contribution in [2.24, 2.45) is 5.84 Å². The lowest BCUT2D eigenvalue weighted by atomic mass is 10.1. The zero-order valence-corrected chi connectivity index (χ0v) is 14.5. The van der Waals surface area contributed by atoms with Gasteiger partial charge in [-0.15, -0.1) is 0 Å². The van der Waals surface area contributed by atoms with Crippen LogP contribution in [0.2, 0.25) is 10.0 Å². The number of carbonyl (C=O) groups excluding carboxylic acids is 1. The molecule has 0 saturated heterocycles. The summed E-state index contributed by atoms with van der Waals surface area (Å²) in [5.41, 5.74) is 1.76. The zero-order chi connectivity index (χ0) is 19.1. The number of hydrazine groups is 1. The smallest absolute Gasteiger partial charge is 0.289 e. The largest absolute Gasteiger partial charge is 0.416 e. The van der Waals surface area contributed by atoms with Gasteiger partial charge in [-0.05, 0) is 35.9 Å². The number of nitrogens with two attached hydrogens (primary N) is 1. The van der Waals surface area contributed by atoms with Gasteiger partial charge in [-0.3, -0.25) is 14.9 Å². The molecule has 3 rings (SSSR count). The number of nitrogens with one attached hydrogen (secondary N) is 1. The van der Waals surface area contributed by atoms with Crippen LogP contribution in [-0.4, -0.2) is 15.7 Å². The van der Waals surface area contributed by atoms with Crippen LogP contribution in [0.1, 0.15) is 21.6 Å². The third-order valence-electron chi connectivity index (χ3n) is 3.76. The summed E-state index contributed by atoms with van der Waals surface area (Å²) in [7, 11) is 0. The van der Waals surface area contributed by atoms with E-state index in [2.05, 4.69) is 5.10 Å². The van der Waals surface area contributed by atoms with Crippen molar-refractivity contribution in [3.63, 3.8) is 0 Å². The van der Waals surface area contributed by atoms with Gasteiger partial charge < -0.3 is 0 Å². The maximum absolute atomic E-state index is 13.0. The van der Waals surface area contributed by atoms with Crippen LogP contribution in [0.4, 0.5) is 13.2 Å². The molecule has 0 unspecified atom stereocenters. The highest BCUT2D eigenvalue weighted by atomic mass is 35.5. The number of nitrogen functional groups attached to an aromatic ring is 1. The second kappa shape index (κ2) is 6.79. The van der Waals surface area contributed by atoms with Crippen molar-refractivity contribution in [2.75, 3.05) is 0 Å². The molecule has 0 aliphatic rings. The molecular formula is C16H11Cl2F3N4O. The Morgan fingerprint density at radius 1 is 1.19 bits per heavy atom. The van der Waals surface area contributed by atoms with E-state index in [-0.39, 0.29) is 17.6 Å². The molecule has 0 atom stereocenters. The number of hydrogen-bond donors (Lipinski definition) is 2. The standard InChI is InChI=1S/C16H11Cl2F3N4O/c17-10-3-1-8(12(18)6-10)7-25-13-4-2-9(16(19,20)21)5-11(13)14(24-25)15(26)23-22/h1-6H,7,22H2,(H,23,26). The molecule has 0 spiro atoms. The monoisotopic (exact) mass is 402 g/mol. The number of amides is 1. The summed E-state index contributed by atoms with van der Waals surface area (Å²) in [6.45, 7) is 0.135. The normalized spacial score (nSPS) is 11.8. The number of carbonyl (C=O) groups is 1. The maximum Gasteiger partial charge on any atom is 0.416 e. The summed E-state index contributed by atoms with van der Waals surface area (Å²) in [4.78, 5) is 11.9. The van der Waals surface area contributed by atoms with Gasteiger partial charge in [0.25, 0.3) is 5.91 Å². The van der Waals surface area contributed by atoms with E-state index in [1.807, 2.05) is 5.43 Å². The van der Waals surface area contributed by atoms with Crippen molar-refractivity contribution in [1.82, 2.24) is 15.2 Å².